The van der Waals surface area contributed by atoms with E-state index in [0.717, 1.165) is 38.5 Å². The molecule has 0 unspecified atom stereocenters. The van der Waals surface area contributed by atoms with Crippen molar-refractivity contribution in [2.75, 3.05) is 13.2 Å². The number of hydrogen-bond acceptors (Lipinski definition) is 3. The minimum absolute atomic E-state index is 0.200. The molecule has 3 aliphatic rings. The molecule has 0 amide bonds. The Balaban J connectivity index is 0.000000166. The average molecular weight is 315 g/mol. The van der Waals surface area contributed by atoms with Crippen molar-refractivity contribution in [2.45, 2.75) is 97.0 Å². The fourth-order valence-electron chi connectivity index (χ4n) is 2.96. The van der Waals surface area contributed by atoms with Gasteiger partial charge in [0.25, 0.3) is 0 Å². The van der Waals surface area contributed by atoms with Crippen molar-refractivity contribution < 1.29 is 15.3 Å². The number of hydrogen-bond donors (Lipinski definition) is 3. The van der Waals surface area contributed by atoms with Gasteiger partial charge in [-0.2, -0.15) is 0 Å². The van der Waals surface area contributed by atoms with E-state index >= 15 is 0 Å². The third kappa shape index (κ3) is 6.17. The molecule has 132 valence electrons. The van der Waals surface area contributed by atoms with E-state index in [4.69, 9.17) is 15.3 Å². The van der Waals surface area contributed by atoms with Crippen LogP contribution in [0.1, 0.15) is 91.4 Å². The Bertz CT molecular complexity index is 282. The Hall–Kier alpha value is -0.120. The molecule has 0 aromatic rings. The van der Waals surface area contributed by atoms with Crippen LogP contribution in [0.25, 0.3) is 0 Å². The molecular formula is C19H38O3. The third-order valence-electron chi connectivity index (χ3n) is 6.08. The molecule has 3 heteroatoms. The van der Waals surface area contributed by atoms with E-state index in [9.17, 15) is 0 Å². The molecule has 3 fully saturated rings. The van der Waals surface area contributed by atoms with E-state index in [2.05, 4.69) is 20.8 Å². The van der Waals surface area contributed by atoms with Gasteiger partial charge >= 0.3 is 0 Å². The standard InChI is InChI=1S/C7H14O.2C6H12O/c1-2-7(6-8)4-3-5-7;1-2-6(5-7)3-4-6;1-2-3-6(7)4-5-6/h8H,2-6H2,1H3;2*7H,2-5H2,1H3. The maximum Gasteiger partial charge on any atom is 0.0649 e. The number of aliphatic hydroxyl groups excluding tert-OH is 2. The van der Waals surface area contributed by atoms with Gasteiger partial charge in [0.15, 0.2) is 0 Å². The van der Waals surface area contributed by atoms with Gasteiger partial charge in [-0.1, -0.05) is 33.6 Å². The summed E-state index contributed by atoms with van der Waals surface area (Å²) in [4.78, 5) is 0. The Kier molecular flexibility index (Phi) is 7.84. The van der Waals surface area contributed by atoms with Crippen molar-refractivity contribution in [3.05, 3.63) is 0 Å². The van der Waals surface area contributed by atoms with Crippen LogP contribution in [0.15, 0.2) is 0 Å². The molecule has 22 heavy (non-hydrogen) atoms. The summed E-state index contributed by atoms with van der Waals surface area (Å²) < 4.78 is 0. The minimum Gasteiger partial charge on any atom is -0.396 e. The van der Waals surface area contributed by atoms with Gasteiger partial charge in [0.05, 0.1) is 5.60 Å². The van der Waals surface area contributed by atoms with Gasteiger partial charge in [0.2, 0.25) is 0 Å². The van der Waals surface area contributed by atoms with Crippen LogP contribution in [0.4, 0.5) is 0 Å². The Morgan fingerprint density at radius 1 is 0.727 bits per heavy atom. The quantitative estimate of drug-likeness (QED) is 0.693. The molecule has 0 spiro atoms. The lowest BCUT2D eigenvalue weighted by atomic mass is 9.68. The van der Waals surface area contributed by atoms with E-state index in [-0.39, 0.29) is 5.60 Å². The number of aliphatic hydroxyl groups is 3. The molecule has 0 radical (unpaired) electrons. The molecule has 0 aromatic carbocycles. The highest BCUT2D eigenvalue weighted by atomic mass is 16.3. The molecule has 0 heterocycles. The van der Waals surface area contributed by atoms with Crippen LogP contribution in [0.2, 0.25) is 0 Å². The van der Waals surface area contributed by atoms with Crippen molar-refractivity contribution in [3.8, 4) is 0 Å². The fraction of sp³-hybridized carbons (Fsp3) is 1.00. The van der Waals surface area contributed by atoms with Crippen LogP contribution in [0.5, 0.6) is 0 Å². The van der Waals surface area contributed by atoms with Crippen molar-refractivity contribution in [2.24, 2.45) is 10.8 Å². The van der Waals surface area contributed by atoms with Gasteiger partial charge < -0.3 is 15.3 Å². The summed E-state index contributed by atoms with van der Waals surface area (Å²) in [6.45, 7) is 7.22. The van der Waals surface area contributed by atoms with E-state index < -0.39 is 0 Å². The normalized spacial score (nSPS) is 24.8. The van der Waals surface area contributed by atoms with Crippen molar-refractivity contribution >= 4 is 0 Å². The molecule has 0 aromatic heterocycles. The van der Waals surface area contributed by atoms with Crippen LogP contribution in [-0.4, -0.2) is 34.1 Å². The van der Waals surface area contributed by atoms with Gasteiger partial charge in [0, 0.05) is 13.2 Å². The van der Waals surface area contributed by atoms with Crippen molar-refractivity contribution in [3.63, 3.8) is 0 Å². The summed E-state index contributed by atoms with van der Waals surface area (Å²) in [6, 6.07) is 0. The zero-order chi connectivity index (χ0) is 16.7. The second-order valence-electron chi connectivity index (χ2n) is 7.85. The molecule has 0 saturated heterocycles. The van der Waals surface area contributed by atoms with E-state index in [1.165, 1.54) is 32.1 Å². The first kappa shape index (κ1) is 19.9. The van der Waals surface area contributed by atoms with Crippen molar-refractivity contribution in [1.82, 2.24) is 0 Å². The predicted octanol–water partition coefficient (Wildman–Crippen LogP) is 4.04. The summed E-state index contributed by atoms with van der Waals surface area (Å²) in [5.74, 6) is 0. The Labute approximate surface area is 137 Å². The summed E-state index contributed by atoms with van der Waals surface area (Å²) in [7, 11) is 0. The summed E-state index contributed by atoms with van der Waals surface area (Å²) in [6.07, 6.45) is 12.9. The third-order valence-corrected chi connectivity index (χ3v) is 6.08. The molecule has 3 rings (SSSR count). The second-order valence-corrected chi connectivity index (χ2v) is 7.85. The first-order valence-electron chi connectivity index (χ1n) is 9.37. The van der Waals surface area contributed by atoms with Crippen LogP contribution in [0, 0.1) is 10.8 Å². The Morgan fingerprint density at radius 2 is 1.18 bits per heavy atom. The lowest BCUT2D eigenvalue weighted by Crippen LogP contribution is -2.32. The first-order valence-corrected chi connectivity index (χ1v) is 9.37. The smallest absolute Gasteiger partial charge is 0.0649 e. The van der Waals surface area contributed by atoms with Crippen LogP contribution in [-0.2, 0) is 0 Å². The van der Waals surface area contributed by atoms with Crippen molar-refractivity contribution in [1.29, 1.82) is 0 Å². The van der Waals surface area contributed by atoms with Crippen LogP contribution >= 0.6 is 0 Å². The molecule has 3 N–H and O–H groups in total. The molecule has 3 saturated carbocycles. The molecule has 3 nitrogen and oxygen atoms in total. The minimum atomic E-state index is -0.200. The zero-order valence-corrected chi connectivity index (χ0v) is 15.0. The lowest BCUT2D eigenvalue weighted by molar-refractivity contribution is 0.0410. The van der Waals surface area contributed by atoms with E-state index in [0.29, 0.717) is 24.0 Å². The highest BCUT2D eigenvalue weighted by Crippen LogP contribution is 2.47. The van der Waals surface area contributed by atoms with Crippen LogP contribution in [0.3, 0.4) is 0 Å². The summed E-state index contributed by atoms with van der Waals surface area (Å²) >= 11 is 0. The Morgan fingerprint density at radius 3 is 1.23 bits per heavy atom. The second kappa shape index (κ2) is 8.65. The van der Waals surface area contributed by atoms with Gasteiger partial charge in [0.1, 0.15) is 0 Å². The molecule has 0 aliphatic heterocycles. The SMILES string of the molecule is CCC1(CO)CC1.CCC1(CO)CCC1.CCCC1(O)CC1. The molecule has 0 bridgehead atoms. The highest BCUT2D eigenvalue weighted by molar-refractivity contribution is 4.92. The predicted molar refractivity (Wildman–Crippen MR) is 91.8 cm³/mol. The van der Waals surface area contributed by atoms with Crippen LogP contribution < -0.4 is 0 Å². The van der Waals surface area contributed by atoms with Gasteiger partial charge in [-0.05, 0) is 68.6 Å². The molecular weight excluding hydrogens is 276 g/mol. The average Bonchev–Trinajstić information content (AvgIpc) is 3.39. The molecule has 3 aliphatic carbocycles. The fourth-order valence-corrected chi connectivity index (χ4v) is 2.96. The first-order chi connectivity index (χ1) is 10.4. The maximum absolute atomic E-state index is 9.13. The number of rotatable bonds is 6. The topological polar surface area (TPSA) is 60.7 Å². The van der Waals surface area contributed by atoms with E-state index in [1.54, 1.807) is 0 Å². The largest absolute Gasteiger partial charge is 0.396 e. The summed E-state index contributed by atoms with van der Waals surface area (Å²) in [5, 5.41) is 26.6. The van der Waals surface area contributed by atoms with E-state index in [1.807, 2.05) is 0 Å². The lowest BCUT2D eigenvalue weighted by Gasteiger charge is -2.39. The summed E-state index contributed by atoms with van der Waals surface area (Å²) in [5.41, 5.74) is 0.550. The maximum atomic E-state index is 9.13. The zero-order valence-electron chi connectivity index (χ0n) is 15.0. The monoisotopic (exact) mass is 314 g/mol. The molecule has 0 atom stereocenters. The van der Waals surface area contributed by atoms with Gasteiger partial charge in [-0.3, -0.25) is 0 Å². The van der Waals surface area contributed by atoms with Gasteiger partial charge in [-0.15, -0.1) is 0 Å². The van der Waals surface area contributed by atoms with Gasteiger partial charge in [-0.25, -0.2) is 0 Å². The highest BCUT2D eigenvalue weighted by Gasteiger charge is 2.39.